The van der Waals surface area contributed by atoms with Crippen LogP contribution in [0.1, 0.15) is 0 Å². The number of nitrogens with zero attached hydrogens (tertiary/aromatic N) is 2. The molecule has 0 saturated carbocycles. The van der Waals surface area contributed by atoms with Gasteiger partial charge in [-0.2, -0.15) is 11.8 Å². The number of halogens is 1. The molecule has 22 heavy (non-hydrogen) atoms. The highest BCUT2D eigenvalue weighted by molar-refractivity contribution is 7.99. The molecule has 0 aliphatic carbocycles. The van der Waals surface area contributed by atoms with Gasteiger partial charge in [-0.05, 0) is 18.2 Å². The number of morpholine rings is 1. The summed E-state index contributed by atoms with van der Waals surface area (Å²) in [6.07, 6.45) is 0. The maximum absolute atomic E-state index is 13.3. The fourth-order valence-electron chi connectivity index (χ4n) is 2.09. The number of anilines is 1. The zero-order valence-corrected chi connectivity index (χ0v) is 13.4. The van der Waals surface area contributed by atoms with Crippen LogP contribution >= 0.6 is 11.8 Å². The molecule has 5 nitrogen and oxygen atoms in total. The minimum atomic E-state index is -0.259. The average Bonchev–Trinajstić information content (AvgIpc) is 2.54. The van der Waals surface area contributed by atoms with Gasteiger partial charge < -0.3 is 20.7 Å². The van der Waals surface area contributed by atoms with Gasteiger partial charge in [-0.15, -0.1) is 0 Å². The maximum Gasteiger partial charge on any atom is 0.198 e. The number of hydrogen-bond acceptors (Lipinski definition) is 4. The van der Waals surface area contributed by atoms with Crippen LogP contribution < -0.4 is 11.1 Å². The predicted molar refractivity (Wildman–Crippen MR) is 91.1 cm³/mol. The Hall–Kier alpha value is -1.31. The molecule has 0 radical (unpaired) electrons. The van der Waals surface area contributed by atoms with Gasteiger partial charge in [-0.1, -0.05) is 6.07 Å². The van der Waals surface area contributed by atoms with Crippen molar-refractivity contribution in [1.29, 1.82) is 0 Å². The molecule has 0 amide bonds. The van der Waals surface area contributed by atoms with Crippen molar-refractivity contribution in [3.8, 4) is 0 Å². The maximum atomic E-state index is 13.3. The summed E-state index contributed by atoms with van der Waals surface area (Å²) in [6.45, 7) is 4.34. The Morgan fingerprint density at radius 3 is 2.91 bits per heavy atom. The molecule has 0 aromatic heterocycles. The highest BCUT2D eigenvalue weighted by Crippen LogP contribution is 2.11. The Bertz CT molecular complexity index is 480. The molecular weight excluding hydrogens is 303 g/mol. The van der Waals surface area contributed by atoms with E-state index in [-0.39, 0.29) is 5.82 Å². The standard InChI is InChI=1S/C15H23FN4OS/c16-13-2-1-3-14(12-13)19-15(18-5-11-22-10-4-17)20-6-8-21-9-7-20/h1-3,12H,4-11,17H2,(H,18,19). The van der Waals surface area contributed by atoms with Crippen LogP contribution in [0.25, 0.3) is 0 Å². The average molecular weight is 326 g/mol. The molecule has 1 aromatic rings. The molecule has 1 aliphatic heterocycles. The second-order valence-electron chi connectivity index (χ2n) is 4.84. The monoisotopic (exact) mass is 326 g/mol. The lowest BCUT2D eigenvalue weighted by atomic mass is 10.3. The van der Waals surface area contributed by atoms with Crippen molar-refractivity contribution in [3.63, 3.8) is 0 Å². The van der Waals surface area contributed by atoms with E-state index >= 15 is 0 Å². The lowest BCUT2D eigenvalue weighted by Gasteiger charge is -2.30. The molecule has 1 aromatic carbocycles. The first-order valence-corrected chi connectivity index (χ1v) is 8.62. The number of nitrogens with two attached hydrogens (primary N) is 1. The number of hydrogen-bond donors (Lipinski definition) is 2. The van der Waals surface area contributed by atoms with Crippen molar-refractivity contribution in [2.75, 3.05) is 56.2 Å². The largest absolute Gasteiger partial charge is 0.378 e. The van der Waals surface area contributed by atoms with Gasteiger partial charge in [0.25, 0.3) is 0 Å². The van der Waals surface area contributed by atoms with Crippen LogP contribution in [0.2, 0.25) is 0 Å². The summed E-state index contributed by atoms with van der Waals surface area (Å²) in [6, 6.07) is 6.42. The van der Waals surface area contributed by atoms with E-state index in [0.717, 1.165) is 30.6 Å². The summed E-state index contributed by atoms with van der Waals surface area (Å²) in [7, 11) is 0. The van der Waals surface area contributed by atoms with Crippen molar-refractivity contribution in [1.82, 2.24) is 4.90 Å². The molecular formula is C15H23FN4OS. The minimum Gasteiger partial charge on any atom is -0.378 e. The quantitative estimate of drug-likeness (QED) is 0.472. The predicted octanol–water partition coefficient (Wildman–Crippen LogP) is 1.62. The molecule has 7 heteroatoms. The number of rotatable bonds is 6. The van der Waals surface area contributed by atoms with Crippen molar-refractivity contribution < 1.29 is 9.13 Å². The number of ether oxygens (including phenoxy) is 1. The number of aliphatic imine (C=N–C) groups is 1. The van der Waals surface area contributed by atoms with Gasteiger partial charge >= 0.3 is 0 Å². The van der Waals surface area contributed by atoms with Crippen LogP contribution in [-0.2, 0) is 4.74 Å². The second-order valence-corrected chi connectivity index (χ2v) is 6.07. The van der Waals surface area contributed by atoms with Crippen molar-refractivity contribution in [3.05, 3.63) is 30.1 Å². The topological polar surface area (TPSA) is 62.9 Å². The van der Waals surface area contributed by atoms with E-state index in [1.54, 1.807) is 17.8 Å². The SMILES string of the molecule is NCCSCCN=C(Nc1cccc(F)c1)N1CCOCC1. The summed E-state index contributed by atoms with van der Waals surface area (Å²) < 4.78 is 18.7. The van der Waals surface area contributed by atoms with Crippen molar-refractivity contribution >= 4 is 23.4 Å². The van der Waals surface area contributed by atoms with Crippen LogP contribution in [0, 0.1) is 5.82 Å². The Labute approximate surface area is 135 Å². The third-order valence-corrected chi connectivity index (χ3v) is 4.15. The molecule has 1 heterocycles. The van der Waals surface area contributed by atoms with Gasteiger partial charge in [0.1, 0.15) is 5.82 Å². The van der Waals surface area contributed by atoms with E-state index in [0.29, 0.717) is 32.0 Å². The van der Waals surface area contributed by atoms with E-state index in [4.69, 9.17) is 10.5 Å². The lowest BCUT2D eigenvalue weighted by molar-refractivity contribution is 0.0679. The lowest BCUT2D eigenvalue weighted by Crippen LogP contribution is -2.44. The van der Waals surface area contributed by atoms with Gasteiger partial charge in [0, 0.05) is 36.8 Å². The number of guanidine groups is 1. The first-order chi connectivity index (χ1) is 10.8. The van der Waals surface area contributed by atoms with E-state index in [1.165, 1.54) is 12.1 Å². The number of nitrogens with one attached hydrogen (secondary N) is 1. The molecule has 3 N–H and O–H groups in total. The summed E-state index contributed by atoms with van der Waals surface area (Å²) >= 11 is 1.79. The molecule has 0 spiro atoms. The number of thioether (sulfide) groups is 1. The van der Waals surface area contributed by atoms with Gasteiger partial charge in [0.2, 0.25) is 0 Å². The van der Waals surface area contributed by atoms with Crippen LogP contribution in [0.5, 0.6) is 0 Å². The van der Waals surface area contributed by atoms with Gasteiger partial charge in [0.05, 0.1) is 19.8 Å². The van der Waals surface area contributed by atoms with E-state index in [1.807, 2.05) is 6.07 Å². The normalized spacial score (nSPS) is 15.9. The van der Waals surface area contributed by atoms with Crippen LogP contribution in [0.15, 0.2) is 29.3 Å². The molecule has 122 valence electrons. The zero-order chi connectivity index (χ0) is 15.6. The molecule has 2 rings (SSSR count). The van der Waals surface area contributed by atoms with Crippen LogP contribution in [0.3, 0.4) is 0 Å². The second kappa shape index (κ2) is 9.66. The Morgan fingerprint density at radius 2 is 2.18 bits per heavy atom. The van der Waals surface area contributed by atoms with Gasteiger partial charge in [-0.3, -0.25) is 4.99 Å². The minimum absolute atomic E-state index is 0.259. The van der Waals surface area contributed by atoms with E-state index in [2.05, 4.69) is 15.2 Å². The molecule has 0 unspecified atom stereocenters. The van der Waals surface area contributed by atoms with E-state index < -0.39 is 0 Å². The van der Waals surface area contributed by atoms with Crippen molar-refractivity contribution in [2.24, 2.45) is 10.7 Å². The van der Waals surface area contributed by atoms with Gasteiger partial charge in [-0.25, -0.2) is 4.39 Å². The van der Waals surface area contributed by atoms with E-state index in [9.17, 15) is 4.39 Å². The third-order valence-electron chi connectivity index (χ3n) is 3.15. The first-order valence-electron chi connectivity index (χ1n) is 7.47. The Morgan fingerprint density at radius 1 is 1.36 bits per heavy atom. The molecule has 1 aliphatic rings. The first kappa shape index (κ1) is 17.1. The highest BCUT2D eigenvalue weighted by Gasteiger charge is 2.15. The Kier molecular flexibility index (Phi) is 7.48. The summed E-state index contributed by atoms with van der Waals surface area (Å²) in [4.78, 5) is 6.78. The Balaban J connectivity index is 1.98. The zero-order valence-electron chi connectivity index (χ0n) is 12.6. The summed E-state index contributed by atoms with van der Waals surface area (Å²) in [5.41, 5.74) is 6.19. The smallest absolute Gasteiger partial charge is 0.198 e. The molecule has 1 saturated heterocycles. The fraction of sp³-hybridized carbons (Fsp3) is 0.533. The van der Waals surface area contributed by atoms with Crippen LogP contribution in [-0.4, -0.2) is 61.8 Å². The van der Waals surface area contributed by atoms with Crippen molar-refractivity contribution in [2.45, 2.75) is 0 Å². The molecule has 0 bridgehead atoms. The summed E-state index contributed by atoms with van der Waals surface area (Å²) in [5.74, 6) is 2.39. The highest BCUT2D eigenvalue weighted by atomic mass is 32.2. The summed E-state index contributed by atoms with van der Waals surface area (Å²) in [5, 5.41) is 3.23. The fourth-order valence-corrected chi connectivity index (χ4v) is 2.68. The van der Waals surface area contributed by atoms with Gasteiger partial charge in [0.15, 0.2) is 5.96 Å². The van der Waals surface area contributed by atoms with Crippen LogP contribution in [0.4, 0.5) is 10.1 Å². The number of benzene rings is 1. The molecule has 1 fully saturated rings. The third kappa shape index (κ3) is 5.82. The molecule has 0 atom stereocenters.